The molecule has 24 heavy (non-hydrogen) atoms. The van der Waals surface area contributed by atoms with Crippen LogP contribution in [0.4, 0.5) is 0 Å². The van der Waals surface area contributed by atoms with Crippen molar-refractivity contribution in [3.8, 4) is 0 Å². The minimum Gasteiger partial charge on any atom is -0.469 e. The van der Waals surface area contributed by atoms with Gasteiger partial charge < -0.3 is 15.2 Å². The van der Waals surface area contributed by atoms with Crippen molar-refractivity contribution in [2.24, 2.45) is 5.92 Å². The Morgan fingerprint density at radius 1 is 1.33 bits per heavy atom. The first-order valence-electron chi connectivity index (χ1n) is 8.16. The number of allylic oxidation sites excluding steroid dienone is 1. The molecule has 0 aromatic heterocycles. The van der Waals surface area contributed by atoms with Gasteiger partial charge in [0.2, 0.25) is 0 Å². The van der Waals surface area contributed by atoms with E-state index < -0.39 is 23.4 Å². The van der Waals surface area contributed by atoms with Crippen molar-refractivity contribution in [2.75, 3.05) is 13.7 Å². The van der Waals surface area contributed by atoms with Crippen molar-refractivity contribution < 1.29 is 19.4 Å². The van der Waals surface area contributed by atoms with Gasteiger partial charge in [-0.15, -0.1) is 0 Å². The highest BCUT2D eigenvalue weighted by atomic mass is 16.5. The Bertz CT molecular complexity index is 649. The zero-order valence-electron chi connectivity index (χ0n) is 14.6. The quantitative estimate of drug-likeness (QED) is 0.809. The van der Waals surface area contributed by atoms with Crippen LogP contribution in [0, 0.1) is 5.92 Å². The molecule has 5 heteroatoms. The van der Waals surface area contributed by atoms with Gasteiger partial charge in [-0.1, -0.05) is 30.3 Å². The molecule has 0 fully saturated rings. The second-order valence-corrected chi connectivity index (χ2v) is 6.40. The molecule has 5 nitrogen and oxygen atoms in total. The summed E-state index contributed by atoms with van der Waals surface area (Å²) in [5, 5.41) is 14.2. The normalized spacial score (nSPS) is 26.9. The van der Waals surface area contributed by atoms with Crippen molar-refractivity contribution in [3.63, 3.8) is 0 Å². The number of nitrogens with one attached hydrogen (secondary N) is 1. The molecular formula is C19H25NO4. The number of hydrogen-bond acceptors (Lipinski definition) is 5. The van der Waals surface area contributed by atoms with E-state index in [4.69, 9.17) is 4.74 Å². The molecule has 0 spiro atoms. The molecule has 1 aromatic carbocycles. The Balaban J connectivity index is 2.71. The summed E-state index contributed by atoms with van der Waals surface area (Å²) < 4.78 is 4.95. The van der Waals surface area contributed by atoms with Gasteiger partial charge in [-0.2, -0.15) is 0 Å². The van der Waals surface area contributed by atoms with E-state index in [2.05, 4.69) is 5.32 Å². The van der Waals surface area contributed by atoms with Gasteiger partial charge in [-0.25, -0.2) is 0 Å². The van der Waals surface area contributed by atoms with Gasteiger partial charge in [0.1, 0.15) is 0 Å². The monoisotopic (exact) mass is 331 g/mol. The number of esters is 1. The van der Waals surface area contributed by atoms with Crippen LogP contribution in [0.3, 0.4) is 0 Å². The lowest BCUT2D eigenvalue weighted by Gasteiger charge is -2.43. The fourth-order valence-corrected chi connectivity index (χ4v) is 3.62. The van der Waals surface area contributed by atoms with Crippen LogP contribution in [0.1, 0.15) is 38.7 Å². The topological polar surface area (TPSA) is 75.6 Å². The summed E-state index contributed by atoms with van der Waals surface area (Å²) in [5.41, 5.74) is 0.742. The van der Waals surface area contributed by atoms with Gasteiger partial charge in [0.15, 0.2) is 5.78 Å². The van der Waals surface area contributed by atoms with Crippen LogP contribution in [0.15, 0.2) is 41.6 Å². The molecular weight excluding hydrogens is 306 g/mol. The standard InChI is InChI=1S/C19H25NO4/c1-5-20-14-11-19(3,23)17(18(22)24-4)16(15(14)12(2)21)13-9-7-6-8-10-13/h6-10,16-17,20,23H,5,11H2,1-4H3/t16-,17-,19-/m0/s1. The molecule has 3 atom stereocenters. The zero-order valence-corrected chi connectivity index (χ0v) is 14.6. The lowest BCUT2D eigenvalue weighted by Crippen LogP contribution is -2.50. The predicted octanol–water partition coefficient (Wildman–Crippen LogP) is 2.17. The number of aliphatic hydroxyl groups is 1. The molecule has 130 valence electrons. The lowest BCUT2D eigenvalue weighted by atomic mass is 9.65. The van der Waals surface area contributed by atoms with E-state index in [1.807, 2.05) is 37.3 Å². The van der Waals surface area contributed by atoms with Gasteiger partial charge in [-0.05, 0) is 26.3 Å². The molecule has 0 unspecified atom stereocenters. The van der Waals surface area contributed by atoms with Crippen molar-refractivity contribution in [2.45, 2.75) is 38.7 Å². The van der Waals surface area contributed by atoms with Crippen LogP contribution in [-0.4, -0.2) is 36.1 Å². The van der Waals surface area contributed by atoms with Crippen LogP contribution in [-0.2, 0) is 14.3 Å². The predicted molar refractivity (Wildman–Crippen MR) is 91.3 cm³/mol. The van der Waals surface area contributed by atoms with Gasteiger partial charge in [0, 0.05) is 30.2 Å². The van der Waals surface area contributed by atoms with Gasteiger partial charge >= 0.3 is 5.97 Å². The first-order chi connectivity index (χ1) is 11.3. The van der Waals surface area contributed by atoms with Crippen molar-refractivity contribution in [1.29, 1.82) is 0 Å². The van der Waals surface area contributed by atoms with Crippen molar-refractivity contribution in [3.05, 3.63) is 47.2 Å². The summed E-state index contributed by atoms with van der Waals surface area (Å²) in [4.78, 5) is 24.9. The molecule has 0 bridgehead atoms. The number of Topliss-reactive ketones (excluding diaryl/α,β-unsaturated/α-hetero) is 1. The number of benzene rings is 1. The Hall–Kier alpha value is -2.14. The van der Waals surface area contributed by atoms with E-state index in [1.54, 1.807) is 6.92 Å². The number of ether oxygens (including phenoxy) is 1. The average Bonchev–Trinajstić information content (AvgIpc) is 2.53. The SMILES string of the molecule is CCNC1=C(C(C)=O)[C@H](c2ccccc2)[C@@H](C(=O)OC)[C@@](C)(O)C1. The summed E-state index contributed by atoms with van der Waals surface area (Å²) in [6.07, 6.45) is 0.207. The summed E-state index contributed by atoms with van der Waals surface area (Å²) in [6.45, 7) is 5.69. The van der Waals surface area contributed by atoms with E-state index in [0.29, 0.717) is 17.8 Å². The Kier molecular flexibility index (Phi) is 5.44. The minimum atomic E-state index is -1.32. The second-order valence-electron chi connectivity index (χ2n) is 6.40. The summed E-state index contributed by atoms with van der Waals surface area (Å²) >= 11 is 0. The maximum Gasteiger partial charge on any atom is 0.312 e. The molecule has 1 aliphatic rings. The molecule has 0 aliphatic heterocycles. The van der Waals surface area contributed by atoms with Crippen molar-refractivity contribution in [1.82, 2.24) is 5.32 Å². The zero-order chi connectivity index (χ0) is 17.9. The Labute approximate surface area is 142 Å². The lowest BCUT2D eigenvalue weighted by molar-refractivity contribution is -0.156. The summed E-state index contributed by atoms with van der Waals surface area (Å²) in [6, 6.07) is 9.33. The van der Waals surface area contributed by atoms with Crippen molar-refractivity contribution >= 4 is 11.8 Å². The number of methoxy groups -OCH3 is 1. The number of carbonyl (C=O) groups excluding carboxylic acids is 2. The first kappa shape index (κ1) is 18.2. The number of rotatable bonds is 5. The maximum atomic E-state index is 12.5. The fraction of sp³-hybridized carbons (Fsp3) is 0.474. The minimum absolute atomic E-state index is 0.107. The highest BCUT2D eigenvalue weighted by molar-refractivity contribution is 5.97. The smallest absolute Gasteiger partial charge is 0.312 e. The van der Waals surface area contributed by atoms with Gasteiger partial charge in [0.05, 0.1) is 18.6 Å². The molecule has 1 aliphatic carbocycles. The Morgan fingerprint density at radius 2 is 1.96 bits per heavy atom. The van der Waals surface area contributed by atoms with E-state index in [-0.39, 0.29) is 12.2 Å². The van der Waals surface area contributed by atoms with Crippen LogP contribution in [0.25, 0.3) is 0 Å². The highest BCUT2D eigenvalue weighted by Crippen LogP contribution is 2.47. The second kappa shape index (κ2) is 7.18. The van der Waals surface area contributed by atoms with Crippen LogP contribution >= 0.6 is 0 Å². The Morgan fingerprint density at radius 3 is 2.46 bits per heavy atom. The molecule has 0 radical (unpaired) electrons. The average molecular weight is 331 g/mol. The molecule has 2 N–H and O–H groups in total. The highest BCUT2D eigenvalue weighted by Gasteiger charge is 2.51. The maximum absolute atomic E-state index is 12.5. The van der Waals surface area contributed by atoms with Crippen LogP contribution in [0.5, 0.6) is 0 Å². The molecule has 0 saturated heterocycles. The van der Waals surface area contributed by atoms with E-state index >= 15 is 0 Å². The molecule has 0 amide bonds. The summed E-state index contributed by atoms with van der Waals surface area (Å²) in [7, 11) is 1.30. The summed E-state index contributed by atoms with van der Waals surface area (Å²) in [5.74, 6) is -2.01. The third kappa shape index (κ3) is 3.36. The van der Waals surface area contributed by atoms with Gasteiger partial charge in [-0.3, -0.25) is 9.59 Å². The third-order valence-corrected chi connectivity index (χ3v) is 4.56. The number of carbonyl (C=O) groups is 2. The first-order valence-corrected chi connectivity index (χ1v) is 8.16. The molecule has 0 saturated carbocycles. The van der Waals surface area contributed by atoms with Gasteiger partial charge in [0.25, 0.3) is 0 Å². The van der Waals surface area contributed by atoms with Crippen LogP contribution in [0.2, 0.25) is 0 Å². The van der Waals surface area contributed by atoms with Crippen LogP contribution < -0.4 is 5.32 Å². The number of ketones is 1. The number of hydrogen-bond donors (Lipinski definition) is 2. The largest absolute Gasteiger partial charge is 0.469 e. The molecule has 1 aromatic rings. The van der Waals surface area contributed by atoms with E-state index in [9.17, 15) is 14.7 Å². The van der Waals surface area contributed by atoms with E-state index in [1.165, 1.54) is 14.0 Å². The molecule has 0 heterocycles. The third-order valence-electron chi connectivity index (χ3n) is 4.56. The molecule has 2 rings (SSSR count). The van der Waals surface area contributed by atoms with E-state index in [0.717, 1.165) is 5.56 Å². The fourth-order valence-electron chi connectivity index (χ4n) is 3.62.